The molecule has 1 amide bonds. The smallest absolute Gasteiger partial charge is 0.325 e. The Bertz CT molecular complexity index is 276. The molecular formula is C8H13ClF2N2O3. The predicted octanol–water partition coefficient (Wildman–Crippen LogP) is -0.305. The molecule has 94 valence electrons. The molecule has 0 aromatic carbocycles. The standard InChI is InChI=1S/C8H12F2N2O3.ClH/c1-15-6(13)3-11-7(14)5-2-8(9,10)4-12-5;/h5,12H,2-4H2,1H3,(H,11,14);1H. The molecule has 16 heavy (non-hydrogen) atoms. The molecule has 0 aromatic rings. The van der Waals surface area contributed by atoms with Gasteiger partial charge < -0.3 is 10.1 Å². The van der Waals surface area contributed by atoms with Gasteiger partial charge in [0.2, 0.25) is 5.91 Å². The van der Waals surface area contributed by atoms with Crippen molar-refractivity contribution in [1.82, 2.24) is 10.6 Å². The van der Waals surface area contributed by atoms with E-state index in [2.05, 4.69) is 15.4 Å². The first-order valence-electron chi connectivity index (χ1n) is 4.40. The maximum absolute atomic E-state index is 12.7. The molecule has 5 nitrogen and oxygen atoms in total. The summed E-state index contributed by atoms with van der Waals surface area (Å²) in [4.78, 5) is 21.9. The van der Waals surface area contributed by atoms with E-state index >= 15 is 0 Å². The summed E-state index contributed by atoms with van der Waals surface area (Å²) in [6.45, 7) is -0.817. The summed E-state index contributed by atoms with van der Waals surface area (Å²) in [5, 5.41) is 4.58. The van der Waals surface area contributed by atoms with Gasteiger partial charge in [-0.05, 0) is 0 Å². The first-order chi connectivity index (χ1) is 6.94. The molecule has 8 heteroatoms. The summed E-state index contributed by atoms with van der Waals surface area (Å²) < 4.78 is 29.7. The third-order valence-corrected chi connectivity index (χ3v) is 2.06. The van der Waals surface area contributed by atoms with Crippen LogP contribution in [0.5, 0.6) is 0 Å². The SMILES string of the molecule is COC(=O)CNC(=O)C1CC(F)(F)CN1.Cl. The molecule has 0 spiro atoms. The second-order valence-corrected chi connectivity index (χ2v) is 3.29. The quantitative estimate of drug-likeness (QED) is 0.682. The fourth-order valence-corrected chi connectivity index (χ4v) is 1.26. The average Bonchev–Trinajstić information content (AvgIpc) is 2.54. The third-order valence-electron chi connectivity index (χ3n) is 2.06. The third kappa shape index (κ3) is 4.28. The number of hydrogen-bond acceptors (Lipinski definition) is 4. The van der Waals surface area contributed by atoms with Gasteiger partial charge in [0.15, 0.2) is 0 Å². The molecule has 1 rings (SSSR count). The Balaban J connectivity index is 0.00000225. The maximum atomic E-state index is 12.7. The van der Waals surface area contributed by atoms with E-state index in [1.807, 2.05) is 0 Å². The minimum atomic E-state index is -2.85. The van der Waals surface area contributed by atoms with Crippen LogP contribution in [0.3, 0.4) is 0 Å². The Kier molecular flexibility index (Phi) is 5.60. The Morgan fingerprint density at radius 1 is 1.56 bits per heavy atom. The average molecular weight is 259 g/mol. The molecule has 0 aromatic heterocycles. The fourth-order valence-electron chi connectivity index (χ4n) is 1.26. The topological polar surface area (TPSA) is 67.4 Å². The zero-order chi connectivity index (χ0) is 11.5. The predicted molar refractivity (Wildman–Crippen MR) is 53.6 cm³/mol. The summed E-state index contributed by atoms with van der Waals surface area (Å²) in [5.74, 6) is -4.08. The number of rotatable bonds is 3. The van der Waals surface area contributed by atoms with Crippen LogP contribution < -0.4 is 10.6 Å². The van der Waals surface area contributed by atoms with Crippen LogP contribution in [-0.4, -0.2) is 44.0 Å². The largest absolute Gasteiger partial charge is 0.468 e. The number of halogens is 3. The highest BCUT2D eigenvalue weighted by Crippen LogP contribution is 2.24. The molecule has 1 aliphatic heterocycles. The van der Waals surface area contributed by atoms with Gasteiger partial charge in [0.25, 0.3) is 5.92 Å². The lowest BCUT2D eigenvalue weighted by Gasteiger charge is -2.09. The lowest BCUT2D eigenvalue weighted by Crippen LogP contribution is -2.42. The normalized spacial score (nSPS) is 22.1. The van der Waals surface area contributed by atoms with Gasteiger partial charge in [-0.15, -0.1) is 12.4 Å². The molecular weight excluding hydrogens is 246 g/mol. The molecule has 1 saturated heterocycles. The molecule has 0 radical (unpaired) electrons. The molecule has 2 N–H and O–H groups in total. The van der Waals surface area contributed by atoms with E-state index in [-0.39, 0.29) is 19.0 Å². The summed E-state index contributed by atoms with van der Waals surface area (Å²) >= 11 is 0. The Morgan fingerprint density at radius 3 is 2.62 bits per heavy atom. The Hall–Kier alpha value is -0.950. The van der Waals surface area contributed by atoms with Gasteiger partial charge in [-0.3, -0.25) is 14.9 Å². The number of amides is 1. The van der Waals surface area contributed by atoms with Gasteiger partial charge in [-0.25, -0.2) is 8.78 Å². The van der Waals surface area contributed by atoms with Crippen LogP contribution in [0, 0.1) is 0 Å². The van der Waals surface area contributed by atoms with Crippen molar-refractivity contribution in [3.8, 4) is 0 Å². The number of methoxy groups -OCH3 is 1. The van der Waals surface area contributed by atoms with Gasteiger partial charge in [0, 0.05) is 6.42 Å². The van der Waals surface area contributed by atoms with E-state index in [0.29, 0.717) is 0 Å². The highest BCUT2D eigenvalue weighted by molar-refractivity contribution is 5.86. The molecule has 1 atom stereocenters. The van der Waals surface area contributed by atoms with E-state index < -0.39 is 36.8 Å². The van der Waals surface area contributed by atoms with E-state index in [4.69, 9.17) is 0 Å². The van der Waals surface area contributed by atoms with Crippen molar-refractivity contribution in [2.24, 2.45) is 0 Å². The van der Waals surface area contributed by atoms with Crippen molar-refractivity contribution < 1.29 is 23.1 Å². The number of carbonyl (C=O) groups is 2. The van der Waals surface area contributed by atoms with Crippen LogP contribution in [-0.2, 0) is 14.3 Å². The number of ether oxygens (including phenoxy) is 1. The number of esters is 1. The van der Waals surface area contributed by atoms with Crippen molar-refractivity contribution in [2.75, 3.05) is 20.2 Å². The van der Waals surface area contributed by atoms with Crippen molar-refractivity contribution >= 4 is 24.3 Å². The van der Waals surface area contributed by atoms with Crippen LogP contribution >= 0.6 is 12.4 Å². The van der Waals surface area contributed by atoms with Gasteiger partial charge in [0.05, 0.1) is 19.7 Å². The van der Waals surface area contributed by atoms with Crippen molar-refractivity contribution in [3.05, 3.63) is 0 Å². The highest BCUT2D eigenvalue weighted by atomic mass is 35.5. The molecule has 0 saturated carbocycles. The fraction of sp³-hybridized carbons (Fsp3) is 0.750. The molecule has 0 aliphatic carbocycles. The minimum absolute atomic E-state index is 0. The van der Waals surface area contributed by atoms with Crippen LogP contribution in [0.15, 0.2) is 0 Å². The van der Waals surface area contributed by atoms with E-state index in [1.54, 1.807) is 0 Å². The molecule has 1 unspecified atom stereocenters. The van der Waals surface area contributed by atoms with Crippen LogP contribution in [0.1, 0.15) is 6.42 Å². The summed E-state index contributed by atoms with van der Waals surface area (Å²) in [6.07, 6.45) is -0.542. The number of nitrogens with one attached hydrogen (secondary N) is 2. The number of hydrogen-bond donors (Lipinski definition) is 2. The summed E-state index contributed by atoms with van der Waals surface area (Å²) in [5.41, 5.74) is 0. The van der Waals surface area contributed by atoms with Crippen LogP contribution in [0.25, 0.3) is 0 Å². The van der Waals surface area contributed by atoms with E-state index in [0.717, 1.165) is 0 Å². The van der Waals surface area contributed by atoms with Crippen molar-refractivity contribution in [1.29, 1.82) is 0 Å². The second-order valence-electron chi connectivity index (χ2n) is 3.29. The first kappa shape index (κ1) is 15.0. The minimum Gasteiger partial charge on any atom is -0.468 e. The maximum Gasteiger partial charge on any atom is 0.325 e. The molecule has 0 bridgehead atoms. The molecule has 1 aliphatic rings. The van der Waals surface area contributed by atoms with Gasteiger partial charge >= 0.3 is 5.97 Å². The van der Waals surface area contributed by atoms with Gasteiger partial charge in [-0.2, -0.15) is 0 Å². The summed E-state index contributed by atoms with van der Waals surface area (Å²) in [7, 11) is 1.18. The zero-order valence-electron chi connectivity index (χ0n) is 8.59. The van der Waals surface area contributed by atoms with Crippen molar-refractivity contribution in [2.45, 2.75) is 18.4 Å². The van der Waals surface area contributed by atoms with E-state index in [1.165, 1.54) is 7.11 Å². The van der Waals surface area contributed by atoms with Crippen LogP contribution in [0.4, 0.5) is 8.78 Å². The van der Waals surface area contributed by atoms with Crippen molar-refractivity contribution in [3.63, 3.8) is 0 Å². The Morgan fingerprint density at radius 2 is 2.19 bits per heavy atom. The lowest BCUT2D eigenvalue weighted by molar-refractivity contribution is -0.141. The number of carbonyl (C=O) groups excluding carboxylic acids is 2. The Labute approximate surface area is 97.3 Å². The van der Waals surface area contributed by atoms with Crippen LogP contribution in [0.2, 0.25) is 0 Å². The monoisotopic (exact) mass is 258 g/mol. The highest BCUT2D eigenvalue weighted by Gasteiger charge is 2.42. The molecule has 1 fully saturated rings. The van der Waals surface area contributed by atoms with E-state index in [9.17, 15) is 18.4 Å². The first-order valence-corrected chi connectivity index (χ1v) is 4.40. The van der Waals surface area contributed by atoms with Gasteiger partial charge in [0.1, 0.15) is 6.54 Å². The second kappa shape index (κ2) is 5.95. The lowest BCUT2D eigenvalue weighted by atomic mass is 10.2. The summed E-state index contributed by atoms with van der Waals surface area (Å²) in [6, 6.07) is -0.940. The zero-order valence-corrected chi connectivity index (χ0v) is 9.40. The van der Waals surface area contributed by atoms with Gasteiger partial charge in [-0.1, -0.05) is 0 Å². The molecule has 1 heterocycles. The number of alkyl halides is 2.